The lowest BCUT2D eigenvalue weighted by Gasteiger charge is -2.15. The Kier molecular flexibility index (Phi) is 4.77. The Morgan fingerprint density at radius 3 is 2.75 bits per heavy atom. The summed E-state index contributed by atoms with van der Waals surface area (Å²) in [4.78, 5) is 2.47. The largest absolute Gasteiger partial charge is 0.330 e. The molecule has 1 unspecified atom stereocenters. The van der Waals surface area contributed by atoms with Crippen molar-refractivity contribution in [3.63, 3.8) is 0 Å². The van der Waals surface area contributed by atoms with Crippen LogP contribution in [0.2, 0.25) is 0 Å². The monoisotopic (exact) mass is 244 g/mol. The van der Waals surface area contributed by atoms with Crippen LogP contribution in [0.1, 0.15) is 23.4 Å². The SMILES string of the molecule is Cc1n[nH]c(C)c1CN1CCC(CN)C1.Cl. The lowest BCUT2D eigenvalue weighted by molar-refractivity contribution is 0.316. The van der Waals surface area contributed by atoms with Gasteiger partial charge in [-0.15, -0.1) is 12.4 Å². The standard InChI is InChI=1S/C11H20N4.ClH/c1-8-11(9(2)14-13-8)7-15-4-3-10(5-12)6-15;/h10H,3-7,12H2,1-2H3,(H,13,14);1H. The Balaban J connectivity index is 0.00000128. The van der Waals surface area contributed by atoms with Crippen LogP contribution in [0.3, 0.4) is 0 Å². The van der Waals surface area contributed by atoms with Gasteiger partial charge in [0.15, 0.2) is 0 Å². The van der Waals surface area contributed by atoms with Crippen molar-refractivity contribution in [3.05, 3.63) is 17.0 Å². The molecule has 1 atom stereocenters. The number of aromatic nitrogens is 2. The number of hydrogen-bond acceptors (Lipinski definition) is 3. The summed E-state index contributed by atoms with van der Waals surface area (Å²) in [5.74, 6) is 0.692. The van der Waals surface area contributed by atoms with Crippen LogP contribution in [0.25, 0.3) is 0 Å². The van der Waals surface area contributed by atoms with E-state index in [1.54, 1.807) is 0 Å². The van der Waals surface area contributed by atoms with Crippen LogP contribution < -0.4 is 5.73 Å². The van der Waals surface area contributed by atoms with Gasteiger partial charge >= 0.3 is 0 Å². The van der Waals surface area contributed by atoms with Gasteiger partial charge in [0.1, 0.15) is 0 Å². The smallest absolute Gasteiger partial charge is 0.0639 e. The molecule has 2 rings (SSSR count). The minimum Gasteiger partial charge on any atom is -0.330 e. The first-order valence-electron chi connectivity index (χ1n) is 5.63. The minimum atomic E-state index is 0. The van der Waals surface area contributed by atoms with Gasteiger partial charge in [-0.2, -0.15) is 5.10 Å². The van der Waals surface area contributed by atoms with E-state index in [0.29, 0.717) is 5.92 Å². The fourth-order valence-electron chi connectivity index (χ4n) is 2.28. The Bertz CT molecular complexity index is 317. The van der Waals surface area contributed by atoms with E-state index in [1.165, 1.54) is 24.2 Å². The fraction of sp³-hybridized carbons (Fsp3) is 0.727. The molecule has 92 valence electrons. The number of aryl methyl sites for hydroxylation is 2. The van der Waals surface area contributed by atoms with E-state index in [0.717, 1.165) is 25.3 Å². The Morgan fingerprint density at radius 2 is 2.25 bits per heavy atom. The topological polar surface area (TPSA) is 57.9 Å². The van der Waals surface area contributed by atoms with E-state index in [1.807, 2.05) is 0 Å². The maximum absolute atomic E-state index is 5.68. The van der Waals surface area contributed by atoms with Crippen molar-refractivity contribution in [3.8, 4) is 0 Å². The van der Waals surface area contributed by atoms with Gasteiger partial charge in [-0.05, 0) is 39.3 Å². The normalized spacial score (nSPS) is 21.1. The van der Waals surface area contributed by atoms with Crippen molar-refractivity contribution in [1.29, 1.82) is 0 Å². The van der Waals surface area contributed by atoms with Gasteiger partial charge < -0.3 is 5.73 Å². The van der Waals surface area contributed by atoms with Gasteiger partial charge in [0.2, 0.25) is 0 Å². The second kappa shape index (κ2) is 5.66. The quantitative estimate of drug-likeness (QED) is 0.841. The van der Waals surface area contributed by atoms with Crippen molar-refractivity contribution in [2.45, 2.75) is 26.8 Å². The molecule has 0 aliphatic carbocycles. The van der Waals surface area contributed by atoms with Crippen molar-refractivity contribution >= 4 is 12.4 Å². The van der Waals surface area contributed by atoms with Gasteiger partial charge in [0.25, 0.3) is 0 Å². The van der Waals surface area contributed by atoms with Crippen LogP contribution in [0, 0.1) is 19.8 Å². The molecule has 1 aromatic heterocycles. The van der Waals surface area contributed by atoms with E-state index in [2.05, 4.69) is 28.9 Å². The van der Waals surface area contributed by atoms with Gasteiger partial charge in [-0.25, -0.2) is 0 Å². The molecule has 1 saturated heterocycles. The molecule has 1 aliphatic heterocycles. The third-order valence-corrected chi connectivity index (χ3v) is 3.37. The molecule has 2 heterocycles. The zero-order valence-electron chi connectivity index (χ0n) is 9.99. The van der Waals surface area contributed by atoms with E-state index in [4.69, 9.17) is 5.73 Å². The Labute approximate surface area is 103 Å². The summed E-state index contributed by atoms with van der Waals surface area (Å²) in [6.45, 7) is 8.30. The average Bonchev–Trinajstić information content (AvgIpc) is 2.80. The number of aromatic amines is 1. The number of hydrogen-bond donors (Lipinski definition) is 2. The second-order valence-electron chi connectivity index (χ2n) is 4.54. The molecule has 1 aromatic rings. The molecule has 0 amide bonds. The van der Waals surface area contributed by atoms with E-state index in [9.17, 15) is 0 Å². The van der Waals surface area contributed by atoms with Crippen molar-refractivity contribution < 1.29 is 0 Å². The third-order valence-electron chi connectivity index (χ3n) is 3.37. The molecule has 0 bridgehead atoms. The highest BCUT2D eigenvalue weighted by Gasteiger charge is 2.22. The fourth-order valence-corrected chi connectivity index (χ4v) is 2.28. The highest BCUT2D eigenvalue weighted by atomic mass is 35.5. The van der Waals surface area contributed by atoms with Crippen LogP contribution in [0.5, 0.6) is 0 Å². The summed E-state index contributed by atoms with van der Waals surface area (Å²) in [6.07, 6.45) is 1.24. The lowest BCUT2D eigenvalue weighted by atomic mass is 10.1. The highest BCUT2D eigenvalue weighted by Crippen LogP contribution is 2.19. The summed E-state index contributed by atoms with van der Waals surface area (Å²) < 4.78 is 0. The van der Waals surface area contributed by atoms with E-state index in [-0.39, 0.29) is 12.4 Å². The first-order valence-corrected chi connectivity index (χ1v) is 5.63. The zero-order chi connectivity index (χ0) is 10.8. The number of nitrogens with one attached hydrogen (secondary N) is 1. The number of halogens is 1. The molecule has 3 N–H and O–H groups in total. The van der Waals surface area contributed by atoms with Crippen molar-refractivity contribution in [1.82, 2.24) is 15.1 Å². The molecule has 16 heavy (non-hydrogen) atoms. The first-order chi connectivity index (χ1) is 7.20. The summed E-state index contributed by atoms with van der Waals surface area (Å²) >= 11 is 0. The molecular formula is C11H21ClN4. The van der Waals surface area contributed by atoms with Gasteiger partial charge in [-0.3, -0.25) is 10.00 Å². The number of rotatable bonds is 3. The highest BCUT2D eigenvalue weighted by molar-refractivity contribution is 5.85. The summed E-state index contributed by atoms with van der Waals surface area (Å²) in [7, 11) is 0. The van der Waals surface area contributed by atoms with E-state index < -0.39 is 0 Å². The molecule has 0 spiro atoms. The molecule has 0 aromatic carbocycles. The van der Waals surface area contributed by atoms with Gasteiger partial charge in [0, 0.05) is 24.3 Å². The lowest BCUT2D eigenvalue weighted by Crippen LogP contribution is -2.23. The van der Waals surface area contributed by atoms with Crippen LogP contribution in [0.4, 0.5) is 0 Å². The zero-order valence-corrected chi connectivity index (χ0v) is 10.8. The van der Waals surface area contributed by atoms with Gasteiger partial charge in [-0.1, -0.05) is 0 Å². The molecular weight excluding hydrogens is 224 g/mol. The van der Waals surface area contributed by atoms with Gasteiger partial charge in [0.05, 0.1) is 5.69 Å². The molecule has 1 fully saturated rings. The van der Waals surface area contributed by atoms with Crippen LogP contribution in [-0.4, -0.2) is 34.7 Å². The number of nitrogens with two attached hydrogens (primary N) is 1. The Morgan fingerprint density at radius 1 is 1.50 bits per heavy atom. The molecule has 0 radical (unpaired) electrons. The summed E-state index contributed by atoms with van der Waals surface area (Å²) in [5.41, 5.74) is 9.36. The summed E-state index contributed by atoms with van der Waals surface area (Å²) in [5, 5.41) is 7.26. The first kappa shape index (κ1) is 13.5. The van der Waals surface area contributed by atoms with Crippen LogP contribution >= 0.6 is 12.4 Å². The van der Waals surface area contributed by atoms with Crippen molar-refractivity contribution in [2.24, 2.45) is 11.7 Å². The average molecular weight is 245 g/mol. The maximum Gasteiger partial charge on any atom is 0.0639 e. The molecule has 5 heteroatoms. The predicted molar refractivity (Wildman–Crippen MR) is 67.7 cm³/mol. The predicted octanol–water partition coefficient (Wildman–Crippen LogP) is 1.23. The summed E-state index contributed by atoms with van der Waals surface area (Å²) in [6, 6.07) is 0. The number of nitrogens with zero attached hydrogens (tertiary/aromatic N) is 2. The number of likely N-dealkylation sites (tertiary alicyclic amines) is 1. The maximum atomic E-state index is 5.68. The second-order valence-corrected chi connectivity index (χ2v) is 4.54. The molecule has 4 nitrogen and oxygen atoms in total. The third kappa shape index (κ3) is 2.75. The van der Waals surface area contributed by atoms with Crippen LogP contribution in [0.15, 0.2) is 0 Å². The molecule has 0 saturated carbocycles. The van der Waals surface area contributed by atoms with E-state index >= 15 is 0 Å². The molecule has 1 aliphatic rings. The van der Waals surface area contributed by atoms with Crippen LogP contribution in [-0.2, 0) is 6.54 Å². The minimum absolute atomic E-state index is 0. The van der Waals surface area contributed by atoms with Crippen molar-refractivity contribution in [2.75, 3.05) is 19.6 Å². The number of H-pyrrole nitrogens is 1. The Hall–Kier alpha value is -0.580.